The molecule has 1 aliphatic heterocycles. The van der Waals surface area contributed by atoms with Gasteiger partial charge in [-0.3, -0.25) is 0 Å². The molecule has 1 atom stereocenters. The molecular formula is C7H9NO2S. The molecule has 1 saturated heterocycles. The minimum atomic E-state index is 0.305. The summed E-state index contributed by atoms with van der Waals surface area (Å²) in [6.07, 6.45) is 3.16. The molecule has 2 heterocycles. The molecule has 4 heteroatoms. The average molecular weight is 171 g/mol. The maximum absolute atomic E-state index is 5.33. The summed E-state index contributed by atoms with van der Waals surface area (Å²) in [5.41, 5.74) is 0. The lowest BCUT2D eigenvalue weighted by atomic mass is 10.2. The Morgan fingerprint density at radius 2 is 2.73 bits per heavy atom. The van der Waals surface area contributed by atoms with Gasteiger partial charge in [0.05, 0.1) is 6.10 Å². The summed E-state index contributed by atoms with van der Waals surface area (Å²) in [6, 6.07) is 0. The summed E-state index contributed by atoms with van der Waals surface area (Å²) in [4.78, 5) is 3.99. The predicted molar refractivity (Wildman–Crippen MR) is 42.0 cm³/mol. The van der Waals surface area contributed by atoms with Crippen molar-refractivity contribution in [1.29, 1.82) is 0 Å². The molecule has 0 saturated carbocycles. The Kier molecular flexibility index (Phi) is 2.05. The maximum Gasteiger partial charge on any atom is 0.273 e. The van der Waals surface area contributed by atoms with E-state index in [-0.39, 0.29) is 0 Å². The van der Waals surface area contributed by atoms with Crippen molar-refractivity contribution in [2.45, 2.75) is 12.5 Å². The van der Waals surface area contributed by atoms with Gasteiger partial charge < -0.3 is 9.47 Å². The second kappa shape index (κ2) is 3.19. The van der Waals surface area contributed by atoms with Crippen LogP contribution in [0, 0.1) is 0 Å². The van der Waals surface area contributed by atoms with Crippen LogP contribution in [0.15, 0.2) is 11.6 Å². The standard InChI is InChI=1S/C7H9NO2S/c1-3-9-6(1)5-10-7-8-2-4-11-7/h2,4,6H,1,3,5H2. The van der Waals surface area contributed by atoms with E-state index in [1.165, 1.54) is 11.3 Å². The number of hydrogen-bond acceptors (Lipinski definition) is 4. The van der Waals surface area contributed by atoms with Gasteiger partial charge in [0.1, 0.15) is 6.61 Å². The van der Waals surface area contributed by atoms with E-state index in [1.807, 2.05) is 5.38 Å². The minimum absolute atomic E-state index is 0.305. The van der Waals surface area contributed by atoms with Crippen LogP contribution < -0.4 is 4.74 Å². The van der Waals surface area contributed by atoms with Gasteiger partial charge in [-0.2, -0.15) is 0 Å². The minimum Gasteiger partial charge on any atom is -0.467 e. The van der Waals surface area contributed by atoms with Gasteiger partial charge in [-0.25, -0.2) is 4.98 Å². The smallest absolute Gasteiger partial charge is 0.273 e. The van der Waals surface area contributed by atoms with Crippen molar-refractivity contribution < 1.29 is 9.47 Å². The van der Waals surface area contributed by atoms with Crippen molar-refractivity contribution in [1.82, 2.24) is 4.98 Å². The van der Waals surface area contributed by atoms with E-state index in [1.54, 1.807) is 6.20 Å². The van der Waals surface area contributed by atoms with Crippen LogP contribution in [0.4, 0.5) is 0 Å². The molecule has 0 radical (unpaired) electrons. The number of rotatable bonds is 3. The van der Waals surface area contributed by atoms with Crippen LogP contribution in [-0.2, 0) is 4.74 Å². The van der Waals surface area contributed by atoms with Crippen molar-refractivity contribution in [2.75, 3.05) is 13.2 Å². The van der Waals surface area contributed by atoms with Crippen molar-refractivity contribution in [3.05, 3.63) is 11.6 Å². The molecule has 1 fully saturated rings. The fraction of sp³-hybridized carbons (Fsp3) is 0.571. The Hall–Kier alpha value is -0.610. The van der Waals surface area contributed by atoms with Gasteiger partial charge in [-0.1, -0.05) is 11.3 Å². The molecule has 60 valence electrons. The molecule has 1 aromatic heterocycles. The highest BCUT2D eigenvalue weighted by Crippen LogP contribution is 2.17. The van der Waals surface area contributed by atoms with E-state index in [4.69, 9.17) is 9.47 Å². The Morgan fingerprint density at radius 3 is 3.27 bits per heavy atom. The summed E-state index contributed by atoms with van der Waals surface area (Å²) in [5.74, 6) is 0. The van der Waals surface area contributed by atoms with Crippen molar-refractivity contribution >= 4 is 11.3 Å². The fourth-order valence-electron chi connectivity index (χ4n) is 0.862. The summed E-state index contributed by atoms with van der Waals surface area (Å²) in [6.45, 7) is 1.53. The number of aromatic nitrogens is 1. The van der Waals surface area contributed by atoms with E-state index >= 15 is 0 Å². The van der Waals surface area contributed by atoms with Crippen LogP contribution in [0.25, 0.3) is 0 Å². The molecule has 1 aliphatic rings. The second-order valence-electron chi connectivity index (χ2n) is 2.39. The highest BCUT2D eigenvalue weighted by atomic mass is 32.1. The third kappa shape index (κ3) is 1.70. The summed E-state index contributed by atoms with van der Waals surface area (Å²) >= 11 is 1.51. The monoisotopic (exact) mass is 171 g/mol. The Morgan fingerprint density at radius 1 is 1.82 bits per heavy atom. The van der Waals surface area contributed by atoms with E-state index < -0.39 is 0 Å². The summed E-state index contributed by atoms with van der Waals surface area (Å²) < 4.78 is 10.5. The van der Waals surface area contributed by atoms with Crippen LogP contribution in [0.2, 0.25) is 0 Å². The van der Waals surface area contributed by atoms with Crippen molar-refractivity contribution in [2.24, 2.45) is 0 Å². The first-order valence-corrected chi connectivity index (χ1v) is 4.47. The third-order valence-corrected chi connectivity index (χ3v) is 2.28. The van der Waals surface area contributed by atoms with Gasteiger partial charge >= 0.3 is 0 Å². The number of thiazole rings is 1. The zero-order valence-corrected chi connectivity index (χ0v) is 6.84. The van der Waals surface area contributed by atoms with Gasteiger partial charge in [-0.05, 0) is 0 Å². The van der Waals surface area contributed by atoms with Crippen LogP contribution in [-0.4, -0.2) is 24.3 Å². The number of nitrogens with zero attached hydrogens (tertiary/aromatic N) is 1. The quantitative estimate of drug-likeness (QED) is 0.687. The predicted octanol–water partition coefficient (Wildman–Crippen LogP) is 1.31. The lowest BCUT2D eigenvalue weighted by molar-refractivity contribution is -0.0721. The molecule has 2 rings (SSSR count). The Balaban J connectivity index is 1.74. The highest BCUT2D eigenvalue weighted by Gasteiger charge is 2.18. The van der Waals surface area contributed by atoms with Gasteiger partial charge in [0.25, 0.3) is 5.19 Å². The molecule has 3 nitrogen and oxygen atoms in total. The first kappa shape index (κ1) is 7.06. The van der Waals surface area contributed by atoms with Gasteiger partial charge in [-0.15, -0.1) is 0 Å². The lowest BCUT2D eigenvalue weighted by Crippen LogP contribution is -2.32. The fourth-order valence-corrected chi connectivity index (χ4v) is 1.36. The molecule has 0 bridgehead atoms. The van der Waals surface area contributed by atoms with Crippen LogP contribution >= 0.6 is 11.3 Å². The number of hydrogen-bond donors (Lipinski definition) is 0. The van der Waals surface area contributed by atoms with Crippen molar-refractivity contribution in [3.63, 3.8) is 0 Å². The Bertz CT molecular complexity index is 208. The molecule has 0 spiro atoms. The van der Waals surface area contributed by atoms with E-state index in [0.29, 0.717) is 12.7 Å². The van der Waals surface area contributed by atoms with Crippen molar-refractivity contribution in [3.8, 4) is 5.19 Å². The largest absolute Gasteiger partial charge is 0.467 e. The molecule has 0 N–H and O–H groups in total. The number of ether oxygens (including phenoxy) is 2. The van der Waals surface area contributed by atoms with Crippen LogP contribution in [0.5, 0.6) is 5.19 Å². The van der Waals surface area contributed by atoms with Gasteiger partial charge in [0.2, 0.25) is 0 Å². The van der Waals surface area contributed by atoms with E-state index in [9.17, 15) is 0 Å². The molecule has 0 aliphatic carbocycles. The molecule has 1 aromatic rings. The second-order valence-corrected chi connectivity index (χ2v) is 3.25. The van der Waals surface area contributed by atoms with Crippen LogP contribution in [0.1, 0.15) is 6.42 Å². The average Bonchev–Trinajstić information content (AvgIpc) is 2.36. The molecule has 11 heavy (non-hydrogen) atoms. The first-order valence-electron chi connectivity index (χ1n) is 3.59. The van der Waals surface area contributed by atoms with Gasteiger partial charge in [0, 0.05) is 24.6 Å². The molecule has 0 aromatic carbocycles. The normalized spacial score (nSPS) is 22.7. The third-order valence-electron chi connectivity index (χ3n) is 1.60. The highest BCUT2D eigenvalue weighted by molar-refractivity contribution is 7.11. The molecule has 1 unspecified atom stereocenters. The molecular weight excluding hydrogens is 162 g/mol. The maximum atomic E-state index is 5.33. The van der Waals surface area contributed by atoms with E-state index in [2.05, 4.69) is 4.98 Å². The summed E-state index contributed by atoms with van der Waals surface area (Å²) in [5, 5.41) is 2.64. The molecule has 0 amide bonds. The Labute approximate surface area is 69.0 Å². The zero-order chi connectivity index (χ0) is 7.52. The lowest BCUT2D eigenvalue weighted by Gasteiger charge is -2.25. The van der Waals surface area contributed by atoms with Crippen LogP contribution in [0.3, 0.4) is 0 Å². The zero-order valence-electron chi connectivity index (χ0n) is 6.03. The summed E-state index contributed by atoms with van der Waals surface area (Å²) in [7, 11) is 0. The van der Waals surface area contributed by atoms with Gasteiger partial charge in [0.15, 0.2) is 0 Å². The topological polar surface area (TPSA) is 31.4 Å². The first-order chi connectivity index (χ1) is 5.45. The van der Waals surface area contributed by atoms with E-state index in [0.717, 1.165) is 18.2 Å². The SMILES string of the molecule is c1csc(OCC2CCO2)n1.